The van der Waals surface area contributed by atoms with Gasteiger partial charge in [0.25, 0.3) is 5.91 Å². The van der Waals surface area contributed by atoms with E-state index in [0.717, 1.165) is 11.3 Å². The Morgan fingerprint density at radius 1 is 1.44 bits per heavy atom. The SMILES string of the molecule is Cc1[nH]nc(NC(=O)c2cc(O)ccc2N)c1C. The number of phenolic OH excluding ortho intramolecular Hbond substituents is 1. The zero-order valence-corrected chi connectivity index (χ0v) is 10.1. The molecule has 1 aromatic carbocycles. The van der Waals surface area contributed by atoms with Crippen LogP contribution in [0.4, 0.5) is 11.5 Å². The van der Waals surface area contributed by atoms with Crippen LogP contribution in [0.15, 0.2) is 18.2 Å². The van der Waals surface area contributed by atoms with Gasteiger partial charge in [-0.2, -0.15) is 5.10 Å². The van der Waals surface area contributed by atoms with Crippen LogP contribution in [-0.4, -0.2) is 21.2 Å². The molecule has 6 heteroatoms. The number of hydrogen-bond donors (Lipinski definition) is 4. The Morgan fingerprint density at radius 2 is 2.17 bits per heavy atom. The summed E-state index contributed by atoms with van der Waals surface area (Å²) in [5.74, 6) is 0.0440. The Hall–Kier alpha value is -2.50. The predicted octanol–water partition coefficient (Wildman–Crippen LogP) is 1.57. The van der Waals surface area contributed by atoms with Crippen molar-refractivity contribution in [3.8, 4) is 5.75 Å². The molecule has 0 atom stereocenters. The molecule has 0 bridgehead atoms. The molecule has 0 spiro atoms. The number of aromatic amines is 1. The lowest BCUT2D eigenvalue weighted by atomic mass is 10.1. The van der Waals surface area contributed by atoms with E-state index in [-0.39, 0.29) is 11.3 Å². The molecule has 5 N–H and O–H groups in total. The number of aryl methyl sites for hydroxylation is 1. The summed E-state index contributed by atoms with van der Waals surface area (Å²) >= 11 is 0. The molecule has 1 heterocycles. The maximum absolute atomic E-state index is 12.0. The molecule has 0 aliphatic rings. The molecule has 1 amide bonds. The largest absolute Gasteiger partial charge is 0.508 e. The Labute approximate surface area is 104 Å². The summed E-state index contributed by atoms with van der Waals surface area (Å²) in [5.41, 5.74) is 7.95. The minimum atomic E-state index is -0.405. The Kier molecular flexibility index (Phi) is 2.93. The fourth-order valence-electron chi connectivity index (χ4n) is 1.52. The summed E-state index contributed by atoms with van der Waals surface area (Å²) in [5, 5.41) is 18.7. The fraction of sp³-hybridized carbons (Fsp3) is 0.167. The van der Waals surface area contributed by atoms with E-state index in [2.05, 4.69) is 15.5 Å². The average molecular weight is 246 g/mol. The van der Waals surface area contributed by atoms with E-state index in [1.54, 1.807) is 0 Å². The first-order valence-electron chi connectivity index (χ1n) is 5.40. The van der Waals surface area contributed by atoms with Gasteiger partial charge in [-0.3, -0.25) is 9.89 Å². The highest BCUT2D eigenvalue weighted by molar-refractivity contribution is 6.07. The summed E-state index contributed by atoms with van der Waals surface area (Å²) in [6.07, 6.45) is 0. The average Bonchev–Trinajstić information content (AvgIpc) is 2.64. The summed E-state index contributed by atoms with van der Waals surface area (Å²) in [4.78, 5) is 12.0. The van der Waals surface area contributed by atoms with Crippen molar-refractivity contribution in [1.82, 2.24) is 10.2 Å². The Balaban J connectivity index is 2.27. The number of benzene rings is 1. The van der Waals surface area contributed by atoms with Gasteiger partial charge in [0, 0.05) is 16.9 Å². The molecule has 2 aromatic rings. The van der Waals surface area contributed by atoms with Crippen molar-refractivity contribution in [2.45, 2.75) is 13.8 Å². The smallest absolute Gasteiger partial charge is 0.259 e. The number of nitrogen functional groups attached to an aromatic ring is 1. The van der Waals surface area contributed by atoms with E-state index < -0.39 is 5.91 Å². The second-order valence-corrected chi connectivity index (χ2v) is 4.05. The van der Waals surface area contributed by atoms with Gasteiger partial charge in [-0.25, -0.2) is 0 Å². The summed E-state index contributed by atoms with van der Waals surface area (Å²) < 4.78 is 0. The van der Waals surface area contributed by atoms with Crippen molar-refractivity contribution in [3.63, 3.8) is 0 Å². The fourth-order valence-corrected chi connectivity index (χ4v) is 1.52. The van der Waals surface area contributed by atoms with Crippen molar-refractivity contribution >= 4 is 17.4 Å². The minimum Gasteiger partial charge on any atom is -0.508 e. The quantitative estimate of drug-likeness (QED) is 0.477. The molecule has 0 saturated heterocycles. The summed E-state index contributed by atoms with van der Waals surface area (Å²) in [6.45, 7) is 3.71. The zero-order chi connectivity index (χ0) is 13.3. The van der Waals surface area contributed by atoms with Crippen LogP contribution in [0.5, 0.6) is 5.75 Å². The van der Waals surface area contributed by atoms with Gasteiger partial charge in [0.05, 0.1) is 5.56 Å². The standard InChI is InChI=1S/C12H14N4O2/c1-6-7(2)15-16-11(6)14-12(18)9-5-8(17)3-4-10(9)13/h3-5,17H,13H2,1-2H3,(H2,14,15,16,18). The lowest BCUT2D eigenvalue weighted by Gasteiger charge is -2.06. The van der Waals surface area contributed by atoms with E-state index >= 15 is 0 Å². The van der Waals surface area contributed by atoms with Crippen LogP contribution in [0.1, 0.15) is 21.6 Å². The van der Waals surface area contributed by atoms with Crippen LogP contribution in [-0.2, 0) is 0 Å². The number of carbonyl (C=O) groups is 1. The van der Waals surface area contributed by atoms with Crippen molar-refractivity contribution in [1.29, 1.82) is 0 Å². The molecule has 0 aliphatic heterocycles. The monoisotopic (exact) mass is 246 g/mol. The van der Waals surface area contributed by atoms with Gasteiger partial charge in [0.15, 0.2) is 5.82 Å². The molecular formula is C12H14N4O2. The number of amides is 1. The van der Waals surface area contributed by atoms with Crippen LogP contribution in [0.25, 0.3) is 0 Å². The van der Waals surface area contributed by atoms with E-state index in [9.17, 15) is 9.90 Å². The third kappa shape index (κ3) is 2.13. The van der Waals surface area contributed by atoms with Gasteiger partial charge in [-0.1, -0.05) is 0 Å². The van der Waals surface area contributed by atoms with Crippen LogP contribution < -0.4 is 11.1 Å². The summed E-state index contributed by atoms with van der Waals surface area (Å²) in [7, 11) is 0. The van der Waals surface area contributed by atoms with Crippen molar-refractivity contribution in [3.05, 3.63) is 35.0 Å². The third-order valence-corrected chi connectivity index (χ3v) is 2.77. The maximum atomic E-state index is 12.0. The van der Waals surface area contributed by atoms with Crippen LogP contribution in [0.2, 0.25) is 0 Å². The molecule has 1 aromatic heterocycles. The van der Waals surface area contributed by atoms with Crippen molar-refractivity contribution < 1.29 is 9.90 Å². The number of aromatic nitrogens is 2. The zero-order valence-electron chi connectivity index (χ0n) is 10.1. The van der Waals surface area contributed by atoms with Crippen LogP contribution in [0.3, 0.4) is 0 Å². The topological polar surface area (TPSA) is 104 Å². The van der Waals surface area contributed by atoms with Gasteiger partial charge in [-0.05, 0) is 32.0 Å². The number of H-pyrrole nitrogens is 1. The number of rotatable bonds is 2. The number of nitrogens with two attached hydrogens (primary N) is 1. The van der Waals surface area contributed by atoms with Gasteiger partial charge >= 0.3 is 0 Å². The highest BCUT2D eigenvalue weighted by atomic mass is 16.3. The number of aromatic hydroxyl groups is 1. The number of hydrogen-bond acceptors (Lipinski definition) is 4. The first-order valence-corrected chi connectivity index (χ1v) is 5.40. The van der Waals surface area contributed by atoms with Gasteiger partial charge in [0.1, 0.15) is 5.75 Å². The molecule has 6 nitrogen and oxygen atoms in total. The Morgan fingerprint density at radius 3 is 2.78 bits per heavy atom. The normalized spacial score (nSPS) is 10.3. The number of anilines is 2. The van der Waals surface area contributed by atoms with Crippen molar-refractivity contribution in [2.24, 2.45) is 0 Å². The molecule has 0 fully saturated rings. The predicted molar refractivity (Wildman–Crippen MR) is 68.5 cm³/mol. The van der Waals surface area contributed by atoms with Crippen molar-refractivity contribution in [2.75, 3.05) is 11.1 Å². The maximum Gasteiger partial charge on any atom is 0.259 e. The lowest BCUT2D eigenvalue weighted by Crippen LogP contribution is -2.14. The number of nitrogens with zero attached hydrogens (tertiary/aromatic N) is 1. The number of nitrogens with one attached hydrogen (secondary N) is 2. The van der Waals surface area contributed by atoms with Gasteiger partial charge < -0.3 is 16.2 Å². The summed E-state index contributed by atoms with van der Waals surface area (Å²) in [6, 6.07) is 4.22. The van der Waals surface area contributed by atoms with Crippen LogP contribution >= 0.6 is 0 Å². The van der Waals surface area contributed by atoms with Crippen LogP contribution in [0, 0.1) is 13.8 Å². The molecule has 0 unspecified atom stereocenters. The molecule has 0 radical (unpaired) electrons. The molecule has 18 heavy (non-hydrogen) atoms. The first kappa shape index (κ1) is 12.0. The van der Waals surface area contributed by atoms with E-state index in [4.69, 9.17) is 5.73 Å². The molecule has 0 saturated carbocycles. The molecular weight excluding hydrogens is 232 g/mol. The Bertz CT molecular complexity index is 604. The molecule has 94 valence electrons. The number of carbonyl (C=O) groups excluding carboxylic acids is 1. The first-order chi connectivity index (χ1) is 8.49. The molecule has 0 aliphatic carbocycles. The van der Waals surface area contributed by atoms with E-state index in [0.29, 0.717) is 11.5 Å². The number of phenols is 1. The van der Waals surface area contributed by atoms with Gasteiger partial charge in [0.2, 0.25) is 0 Å². The highest BCUT2D eigenvalue weighted by Crippen LogP contribution is 2.21. The van der Waals surface area contributed by atoms with Gasteiger partial charge in [-0.15, -0.1) is 0 Å². The minimum absolute atomic E-state index is 0.00993. The van der Waals surface area contributed by atoms with E-state index in [1.165, 1.54) is 18.2 Å². The lowest BCUT2D eigenvalue weighted by molar-refractivity contribution is 0.102. The van der Waals surface area contributed by atoms with E-state index in [1.807, 2.05) is 13.8 Å². The third-order valence-electron chi connectivity index (χ3n) is 2.77. The second-order valence-electron chi connectivity index (χ2n) is 4.05. The molecule has 2 rings (SSSR count). The highest BCUT2D eigenvalue weighted by Gasteiger charge is 2.14. The second kappa shape index (κ2) is 4.40.